The quantitative estimate of drug-likeness (QED) is 0.400. The van der Waals surface area contributed by atoms with E-state index in [4.69, 9.17) is 19.8 Å². The van der Waals surface area contributed by atoms with Crippen LogP contribution < -0.4 is 4.90 Å². The van der Waals surface area contributed by atoms with Crippen LogP contribution in [0.5, 0.6) is 0 Å². The second kappa shape index (κ2) is 9.47. The van der Waals surface area contributed by atoms with Gasteiger partial charge in [-0.15, -0.1) is 11.3 Å². The Morgan fingerprint density at radius 1 is 1.03 bits per heavy atom. The fraction of sp³-hybridized carbons (Fsp3) is 0.464. The van der Waals surface area contributed by atoms with Gasteiger partial charge in [0.1, 0.15) is 0 Å². The normalized spacial score (nSPS) is 22.3. The number of aryl methyl sites for hydroxylation is 2. The average molecular weight is 516 g/mol. The minimum atomic E-state index is 0.629. The fourth-order valence-electron chi connectivity index (χ4n) is 5.90. The van der Waals surface area contributed by atoms with Crippen LogP contribution in [-0.2, 0) is 11.3 Å². The van der Waals surface area contributed by atoms with Crippen molar-refractivity contribution >= 4 is 27.4 Å². The maximum absolute atomic E-state index is 5.66. The molecule has 0 saturated carbocycles. The Bertz CT molecular complexity index is 1440. The summed E-state index contributed by atoms with van der Waals surface area (Å²) in [4.78, 5) is 19.3. The number of fused-ring (bicyclic) bond motifs is 3. The number of hydrogen-bond donors (Lipinski definition) is 0. The van der Waals surface area contributed by atoms with Crippen molar-refractivity contribution in [2.24, 2.45) is 0 Å². The van der Waals surface area contributed by atoms with Gasteiger partial charge in [0.2, 0.25) is 0 Å². The van der Waals surface area contributed by atoms with Crippen molar-refractivity contribution in [1.82, 2.24) is 29.5 Å². The lowest BCUT2D eigenvalue weighted by Crippen LogP contribution is -2.46. The maximum atomic E-state index is 5.66. The van der Waals surface area contributed by atoms with Crippen LogP contribution in [0.15, 0.2) is 36.5 Å². The van der Waals surface area contributed by atoms with Crippen LogP contribution in [0.25, 0.3) is 27.4 Å². The molecule has 0 spiro atoms. The minimum absolute atomic E-state index is 0.629. The van der Waals surface area contributed by atoms with Gasteiger partial charge in [-0.2, -0.15) is 10.1 Å². The third-order valence-electron chi connectivity index (χ3n) is 8.07. The smallest absolute Gasteiger partial charge is 0.253 e. The number of ether oxygens (including phenoxy) is 1. The molecule has 3 fully saturated rings. The Morgan fingerprint density at radius 3 is 2.78 bits per heavy atom. The Kier molecular flexibility index (Phi) is 5.96. The van der Waals surface area contributed by atoms with Gasteiger partial charge in [0.15, 0.2) is 5.82 Å². The number of piperazine rings is 1. The summed E-state index contributed by atoms with van der Waals surface area (Å²) in [7, 11) is 0. The van der Waals surface area contributed by atoms with Gasteiger partial charge < -0.3 is 14.5 Å². The van der Waals surface area contributed by atoms with Crippen molar-refractivity contribution in [2.45, 2.75) is 32.9 Å². The van der Waals surface area contributed by atoms with Crippen LogP contribution in [0.4, 0.5) is 5.82 Å². The van der Waals surface area contributed by atoms with Gasteiger partial charge in [-0.3, -0.25) is 4.90 Å². The Morgan fingerprint density at radius 2 is 1.92 bits per heavy atom. The highest BCUT2D eigenvalue weighted by atomic mass is 32.1. The van der Waals surface area contributed by atoms with Gasteiger partial charge >= 0.3 is 0 Å². The summed E-state index contributed by atoms with van der Waals surface area (Å²) in [5.41, 5.74) is 5.60. The molecule has 9 heteroatoms. The molecule has 0 amide bonds. The predicted octanol–water partition coefficient (Wildman–Crippen LogP) is 3.89. The molecule has 7 rings (SSSR count). The second-order valence-corrected chi connectivity index (χ2v) is 11.6. The van der Waals surface area contributed by atoms with Crippen LogP contribution in [0, 0.1) is 13.8 Å². The topological polar surface area (TPSA) is 62.6 Å². The summed E-state index contributed by atoms with van der Waals surface area (Å²) in [6.07, 6.45) is 3.26. The third kappa shape index (κ3) is 4.33. The lowest BCUT2D eigenvalue weighted by Gasteiger charge is -2.34. The van der Waals surface area contributed by atoms with Gasteiger partial charge in [-0.05, 0) is 44.5 Å². The van der Waals surface area contributed by atoms with Crippen LogP contribution >= 0.6 is 11.3 Å². The van der Waals surface area contributed by atoms with E-state index in [-0.39, 0.29) is 0 Å². The first kappa shape index (κ1) is 23.3. The molecule has 2 bridgehead atoms. The summed E-state index contributed by atoms with van der Waals surface area (Å²) in [6.45, 7) is 13.3. The second-order valence-electron chi connectivity index (χ2n) is 10.5. The summed E-state index contributed by atoms with van der Waals surface area (Å²) in [5, 5.41) is 4.88. The zero-order chi connectivity index (χ0) is 24.9. The van der Waals surface area contributed by atoms with E-state index in [1.54, 1.807) is 0 Å². The number of hydrogen-bond acceptors (Lipinski definition) is 8. The van der Waals surface area contributed by atoms with Crippen molar-refractivity contribution in [3.63, 3.8) is 0 Å². The van der Waals surface area contributed by atoms with Gasteiger partial charge in [0, 0.05) is 61.9 Å². The van der Waals surface area contributed by atoms with E-state index in [1.165, 1.54) is 46.8 Å². The number of anilines is 1. The van der Waals surface area contributed by atoms with Gasteiger partial charge in [-0.1, -0.05) is 23.8 Å². The highest BCUT2D eigenvalue weighted by Gasteiger charge is 2.33. The fourth-order valence-corrected chi connectivity index (χ4v) is 7.19. The maximum Gasteiger partial charge on any atom is 0.253 e. The molecule has 2 atom stereocenters. The first-order chi connectivity index (χ1) is 18.1. The summed E-state index contributed by atoms with van der Waals surface area (Å²) in [6, 6.07) is 11.2. The first-order valence-corrected chi connectivity index (χ1v) is 14.2. The van der Waals surface area contributed by atoms with Crippen molar-refractivity contribution in [3.05, 3.63) is 52.5 Å². The number of aromatic nitrogens is 4. The van der Waals surface area contributed by atoms with Crippen LogP contribution in [0.3, 0.4) is 0 Å². The minimum Gasteiger partial charge on any atom is -0.378 e. The molecule has 3 aromatic heterocycles. The molecule has 1 aromatic carbocycles. The van der Waals surface area contributed by atoms with Crippen LogP contribution in [-0.4, -0.2) is 88.1 Å². The molecule has 0 radical (unpaired) electrons. The Balaban J connectivity index is 1.29. The zero-order valence-electron chi connectivity index (χ0n) is 21.6. The predicted molar refractivity (Wildman–Crippen MR) is 148 cm³/mol. The van der Waals surface area contributed by atoms with E-state index in [0.29, 0.717) is 12.0 Å². The van der Waals surface area contributed by atoms with Crippen molar-refractivity contribution in [3.8, 4) is 17.2 Å². The zero-order valence-corrected chi connectivity index (χ0v) is 22.4. The number of thiophene rings is 1. The van der Waals surface area contributed by atoms with Crippen molar-refractivity contribution in [1.29, 1.82) is 0 Å². The molecule has 192 valence electrons. The molecule has 0 N–H and O–H groups in total. The van der Waals surface area contributed by atoms with E-state index in [9.17, 15) is 0 Å². The first-order valence-electron chi connectivity index (χ1n) is 13.3. The molecule has 8 nitrogen and oxygen atoms in total. The summed E-state index contributed by atoms with van der Waals surface area (Å²) in [5.74, 6) is 1.64. The SMILES string of the molecule is Cc1cccc(-c2ccn(-c3nc(N4CCOCC4)c4sc(CN5CCN6CCC5C6)c(C)c4n3)n2)c1. The molecule has 0 aliphatic carbocycles. The lowest BCUT2D eigenvalue weighted by molar-refractivity contribution is 0.122. The van der Waals surface area contributed by atoms with E-state index >= 15 is 0 Å². The lowest BCUT2D eigenvalue weighted by atomic mass is 10.1. The molecule has 4 aromatic rings. The van der Waals surface area contributed by atoms with Crippen molar-refractivity contribution in [2.75, 3.05) is 57.4 Å². The van der Waals surface area contributed by atoms with Gasteiger partial charge in [0.25, 0.3) is 5.95 Å². The third-order valence-corrected chi connectivity index (χ3v) is 9.33. The van der Waals surface area contributed by atoms with E-state index < -0.39 is 0 Å². The van der Waals surface area contributed by atoms with E-state index in [2.05, 4.69) is 52.8 Å². The molecular weight excluding hydrogens is 482 g/mol. The highest BCUT2D eigenvalue weighted by Crippen LogP contribution is 2.38. The molecule has 3 aliphatic rings. The molecule has 3 aliphatic heterocycles. The molecule has 2 unspecified atom stereocenters. The van der Waals surface area contributed by atoms with E-state index in [0.717, 1.165) is 62.0 Å². The average Bonchev–Trinajstić information content (AvgIpc) is 3.64. The molecule has 6 heterocycles. The Labute approximate surface area is 221 Å². The number of rotatable bonds is 5. The molecular formula is C28H33N7OS. The van der Waals surface area contributed by atoms with Gasteiger partial charge in [0.05, 0.1) is 29.1 Å². The highest BCUT2D eigenvalue weighted by molar-refractivity contribution is 7.19. The van der Waals surface area contributed by atoms with Crippen LogP contribution in [0.1, 0.15) is 22.4 Å². The summed E-state index contributed by atoms with van der Waals surface area (Å²) < 4.78 is 8.68. The molecule has 3 saturated heterocycles. The van der Waals surface area contributed by atoms with Gasteiger partial charge in [-0.25, -0.2) is 9.67 Å². The monoisotopic (exact) mass is 515 g/mol. The molecule has 37 heavy (non-hydrogen) atoms. The standard InChI is InChI=1S/C28H33N7OS/c1-19-4-3-5-21(16-19)23-7-9-35(31-23)28-29-25-20(2)24(18-34-11-10-32-8-6-22(34)17-32)37-26(25)27(30-28)33-12-14-36-15-13-33/h3-5,7,9,16,22H,6,8,10-15,17-18H2,1-2H3. The number of nitrogens with zero attached hydrogens (tertiary/aromatic N) is 7. The largest absolute Gasteiger partial charge is 0.378 e. The Hall–Kier alpha value is -2.85. The van der Waals surface area contributed by atoms with Crippen molar-refractivity contribution < 1.29 is 4.74 Å². The number of benzene rings is 1. The van der Waals surface area contributed by atoms with Crippen LogP contribution in [0.2, 0.25) is 0 Å². The van der Waals surface area contributed by atoms with E-state index in [1.807, 2.05) is 28.3 Å². The summed E-state index contributed by atoms with van der Waals surface area (Å²) >= 11 is 1.88. The number of morpholine rings is 1.